The number of nitrogens with one attached hydrogen (secondary N) is 1. The average molecular weight is 255 g/mol. The van der Waals surface area contributed by atoms with Crippen LogP contribution in [0.3, 0.4) is 0 Å². The summed E-state index contributed by atoms with van der Waals surface area (Å²) < 4.78 is 1.86. The maximum absolute atomic E-state index is 9.07. The van der Waals surface area contributed by atoms with E-state index in [0.717, 1.165) is 30.8 Å². The van der Waals surface area contributed by atoms with Crippen LogP contribution >= 0.6 is 0 Å². The van der Waals surface area contributed by atoms with Gasteiger partial charge in [-0.15, -0.1) is 0 Å². The Morgan fingerprint density at radius 2 is 2.21 bits per heavy atom. The Labute approximate surface area is 112 Å². The van der Waals surface area contributed by atoms with Crippen LogP contribution in [-0.4, -0.2) is 21.3 Å². The van der Waals surface area contributed by atoms with Crippen LogP contribution in [0.5, 0.6) is 0 Å². The van der Waals surface area contributed by atoms with Gasteiger partial charge in [-0.2, -0.15) is 10.4 Å². The number of hydrogen-bond donors (Lipinski definition) is 1. The lowest BCUT2D eigenvalue weighted by Gasteiger charge is -2.07. The fraction of sp³-hybridized carbons (Fsp3) is 0.357. The first-order valence-electron chi connectivity index (χ1n) is 6.46. The molecule has 5 heteroatoms. The molecule has 98 valence electrons. The first kappa shape index (κ1) is 13.1. The number of aromatic nitrogens is 3. The molecule has 0 radical (unpaired) electrons. The highest BCUT2D eigenvalue weighted by Crippen LogP contribution is 2.21. The second kappa shape index (κ2) is 6.01. The first-order chi connectivity index (χ1) is 9.28. The molecule has 0 saturated carbocycles. The van der Waals surface area contributed by atoms with Crippen LogP contribution in [-0.2, 0) is 6.54 Å². The summed E-state index contributed by atoms with van der Waals surface area (Å²) >= 11 is 0. The number of pyridine rings is 1. The fourth-order valence-electron chi connectivity index (χ4n) is 1.76. The van der Waals surface area contributed by atoms with E-state index in [9.17, 15) is 0 Å². The van der Waals surface area contributed by atoms with Crippen molar-refractivity contribution in [1.82, 2.24) is 14.8 Å². The van der Waals surface area contributed by atoms with Crippen LogP contribution in [0.4, 0.5) is 5.82 Å². The maximum Gasteiger partial charge on any atom is 0.144 e. The highest BCUT2D eigenvalue weighted by molar-refractivity contribution is 5.63. The normalized spacial score (nSPS) is 10.2. The molecule has 0 fully saturated rings. The first-order valence-corrected chi connectivity index (χ1v) is 6.46. The van der Waals surface area contributed by atoms with E-state index < -0.39 is 0 Å². The van der Waals surface area contributed by atoms with Crippen molar-refractivity contribution in [2.75, 3.05) is 11.9 Å². The summed E-state index contributed by atoms with van der Waals surface area (Å²) in [6.45, 7) is 5.75. The third-order valence-corrected chi connectivity index (χ3v) is 2.81. The summed E-state index contributed by atoms with van der Waals surface area (Å²) in [4.78, 5) is 4.51. The topological polar surface area (TPSA) is 66.5 Å². The van der Waals surface area contributed by atoms with E-state index in [-0.39, 0.29) is 0 Å². The molecular formula is C14H17N5. The summed E-state index contributed by atoms with van der Waals surface area (Å²) in [5, 5.41) is 16.5. The van der Waals surface area contributed by atoms with E-state index in [1.165, 1.54) is 0 Å². The lowest BCUT2D eigenvalue weighted by molar-refractivity contribution is 0.660. The summed E-state index contributed by atoms with van der Waals surface area (Å²) in [5.41, 5.74) is 2.36. The molecule has 0 aliphatic heterocycles. The molecule has 0 spiro atoms. The third kappa shape index (κ3) is 2.91. The van der Waals surface area contributed by atoms with E-state index in [2.05, 4.69) is 28.4 Å². The van der Waals surface area contributed by atoms with Crippen LogP contribution in [0.25, 0.3) is 11.3 Å². The van der Waals surface area contributed by atoms with Gasteiger partial charge in [-0.25, -0.2) is 4.98 Å². The molecule has 2 rings (SSSR count). The van der Waals surface area contributed by atoms with Crippen LogP contribution in [0.2, 0.25) is 0 Å². The Morgan fingerprint density at radius 3 is 2.84 bits per heavy atom. The van der Waals surface area contributed by atoms with Gasteiger partial charge in [0.2, 0.25) is 0 Å². The molecule has 2 aromatic heterocycles. The van der Waals surface area contributed by atoms with Gasteiger partial charge < -0.3 is 5.32 Å². The van der Waals surface area contributed by atoms with E-state index >= 15 is 0 Å². The SMILES string of the molecule is CCCNc1nc(-c2cnn(CC)c2)ccc1C#N. The van der Waals surface area contributed by atoms with Crippen molar-refractivity contribution in [2.24, 2.45) is 0 Å². The van der Waals surface area contributed by atoms with Crippen molar-refractivity contribution in [3.8, 4) is 17.3 Å². The Kier molecular flexibility index (Phi) is 4.14. The molecule has 0 aliphatic carbocycles. The van der Waals surface area contributed by atoms with Gasteiger partial charge in [0.15, 0.2) is 0 Å². The van der Waals surface area contributed by atoms with Gasteiger partial charge in [0.05, 0.1) is 17.5 Å². The van der Waals surface area contributed by atoms with Crippen molar-refractivity contribution in [2.45, 2.75) is 26.8 Å². The zero-order valence-electron chi connectivity index (χ0n) is 11.2. The third-order valence-electron chi connectivity index (χ3n) is 2.81. The van der Waals surface area contributed by atoms with Gasteiger partial charge in [0.1, 0.15) is 11.9 Å². The standard InChI is InChI=1S/C14H17N5/c1-3-7-16-14-11(8-15)5-6-13(18-14)12-9-17-19(4-2)10-12/h5-6,9-10H,3-4,7H2,1-2H3,(H,16,18). The van der Waals surface area contributed by atoms with Gasteiger partial charge in [0, 0.05) is 24.8 Å². The average Bonchev–Trinajstić information content (AvgIpc) is 2.93. The highest BCUT2D eigenvalue weighted by atomic mass is 15.3. The Morgan fingerprint density at radius 1 is 1.37 bits per heavy atom. The number of anilines is 1. The van der Waals surface area contributed by atoms with Crippen LogP contribution < -0.4 is 5.32 Å². The fourth-order valence-corrected chi connectivity index (χ4v) is 1.76. The molecule has 2 aromatic rings. The van der Waals surface area contributed by atoms with Crippen molar-refractivity contribution < 1.29 is 0 Å². The van der Waals surface area contributed by atoms with Crippen molar-refractivity contribution >= 4 is 5.82 Å². The minimum atomic E-state index is 0.570. The number of nitrogens with zero attached hydrogens (tertiary/aromatic N) is 4. The van der Waals surface area contributed by atoms with Crippen molar-refractivity contribution in [1.29, 1.82) is 5.26 Å². The van der Waals surface area contributed by atoms with Gasteiger partial charge >= 0.3 is 0 Å². The van der Waals surface area contributed by atoms with Gasteiger partial charge in [-0.1, -0.05) is 6.92 Å². The minimum absolute atomic E-state index is 0.570. The molecule has 2 heterocycles. The number of aryl methyl sites for hydroxylation is 1. The van der Waals surface area contributed by atoms with Gasteiger partial charge in [-0.3, -0.25) is 4.68 Å². The molecule has 1 N–H and O–H groups in total. The zero-order valence-corrected chi connectivity index (χ0v) is 11.2. The molecule has 0 saturated heterocycles. The summed E-state index contributed by atoms with van der Waals surface area (Å²) in [7, 11) is 0. The van der Waals surface area contributed by atoms with Crippen molar-refractivity contribution in [3.05, 3.63) is 30.1 Å². The summed E-state index contributed by atoms with van der Waals surface area (Å²) in [5.74, 6) is 0.645. The van der Waals surface area contributed by atoms with E-state index in [4.69, 9.17) is 5.26 Å². The molecular weight excluding hydrogens is 238 g/mol. The zero-order chi connectivity index (χ0) is 13.7. The highest BCUT2D eigenvalue weighted by Gasteiger charge is 2.08. The largest absolute Gasteiger partial charge is 0.369 e. The second-order valence-electron chi connectivity index (χ2n) is 4.22. The number of hydrogen-bond acceptors (Lipinski definition) is 4. The number of nitriles is 1. The maximum atomic E-state index is 9.07. The van der Waals surface area contributed by atoms with E-state index in [1.807, 2.05) is 23.9 Å². The predicted molar refractivity (Wildman–Crippen MR) is 74.6 cm³/mol. The Hall–Kier alpha value is -2.35. The number of rotatable bonds is 5. The molecule has 19 heavy (non-hydrogen) atoms. The lowest BCUT2D eigenvalue weighted by atomic mass is 10.2. The van der Waals surface area contributed by atoms with Crippen LogP contribution in [0.15, 0.2) is 24.5 Å². The Balaban J connectivity index is 2.34. The van der Waals surface area contributed by atoms with Crippen LogP contribution in [0.1, 0.15) is 25.8 Å². The Bertz CT molecular complexity index is 594. The van der Waals surface area contributed by atoms with Crippen LogP contribution in [0, 0.1) is 11.3 Å². The molecule has 0 atom stereocenters. The van der Waals surface area contributed by atoms with Crippen molar-refractivity contribution in [3.63, 3.8) is 0 Å². The predicted octanol–water partition coefficient (Wildman–Crippen LogP) is 2.66. The summed E-state index contributed by atoms with van der Waals surface area (Å²) in [6.07, 6.45) is 4.74. The smallest absolute Gasteiger partial charge is 0.144 e. The monoisotopic (exact) mass is 255 g/mol. The molecule has 0 bridgehead atoms. The van der Waals surface area contributed by atoms with Gasteiger partial charge in [-0.05, 0) is 25.5 Å². The van der Waals surface area contributed by atoms with E-state index in [0.29, 0.717) is 11.4 Å². The molecule has 0 amide bonds. The second-order valence-corrected chi connectivity index (χ2v) is 4.22. The molecule has 5 nitrogen and oxygen atoms in total. The quantitative estimate of drug-likeness (QED) is 0.892. The summed E-state index contributed by atoms with van der Waals surface area (Å²) in [6, 6.07) is 5.80. The minimum Gasteiger partial charge on any atom is -0.369 e. The molecule has 0 aromatic carbocycles. The van der Waals surface area contributed by atoms with Gasteiger partial charge in [0.25, 0.3) is 0 Å². The van der Waals surface area contributed by atoms with E-state index in [1.54, 1.807) is 12.3 Å². The molecule has 0 aliphatic rings. The lowest BCUT2D eigenvalue weighted by Crippen LogP contribution is -2.04. The molecule has 0 unspecified atom stereocenters.